The number of carboxylic acid groups (broad SMARTS) is 1. The Balaban J connectivity index is 3.79. The van der Waals surface area contributed by atoms with Gasteiger partial charge in [0.1, 0.15) is 6.04 Å². The van der Waals surface area contributed by atoms with Crippen LogP contribution in [0.1, 0.15) is 187 Å². The Morgan fingerprint density at radius 2 is 0.875 bits per heavy atom. The van der Waals surface area contributed by atoms with Crippen molar-refractivity contribution in [1.29, 1.82) is 0 Å². The van der Waals surface area contributed by atoms with Crippen LogP contribution in [0.3, 0.4) is 0 Å². The van der Waals surface area contributed by atoms with Crippen molar-refractivity contribution in [3.05, 3.63) is 0 Å². The van der Waals surface area contributed by atoms with Gasteiger partial charge in [0.25, 0.3) is 0 Å². The third kappa shape index (κ3) is 28.0. The monoisotopic (exact) mass is 567 g/mol. The Hall–Kier alpha value is -1.59. The molecule has 2 amide bonds. The number of rotatable bonds is 31. The Morgan fingerprint density at radius 3 is 1.25 bits per heavy atom. The molecule has 0 aromatic carbocycles. The van der Waals surface area contributed by atoms with Crippen LogP contribution >= 0.6 is 0 Å². The molecule has 0 saturated heterocycles. The summed E-state index contributed by atoms with van der Waals surface area (Å²) in [5, 5.41) is 14.7. The Morgan fingerprint density at radius 1 is 0.525 bits per heavy atom. The minimum absolute atomic E-state index is 0.227. The lowest BCUT2D eigenvalue weighted by Gasteiger charge is -2.17. The van der Waals surface area contributed by atoms with Gasteiger partial charge >= 0.3 is 5.97 Å². The second-order valence-electron chi connectivity index (χ2n) is 11.9. The van der Waals surface area contributed by atoms with E-state index in [0.717, 1.165) is 32.1 Å². The number of carbonyl (C=O) groups excluding carboxylic acids is 2. The third-order valence-electron chi connectivity index (χ3n) is 7.87. The lowest BCUT2D eigenvalue weighted by Crippen LogP contribution is -2.48. The van der Waals surface area contributed by atoms with Gasteiger partial charge in [0, 0.05) is 13.0 Å². The van der Waals surface area contributed by atoms with Gasteiger partial charge in [-0.3, -0.25) is 14.4 Å². The van der Waals surface area contributed by atoms with Crippen LogP contribution in [0.2, 0.25) is 0 Å². The fourth-order valence-electron chi connectivity index (χ4n) is 5.25. The van der Waals surface area contributed by atoms with Gasteiger partial charge in [-0.1, -0.05) is 162 Å². The molecule has 0 heterocycles. The zero-order valence-corrected chi connectivity index (χ0v) is 26.5. The predicted molar refractivity (Wildman–Crippen MR) is 169 cm³/mol. The average molecular weight is 567 g/mol. The van der Waals surface area contributed by atoms with Crippen molar-refractivity contribution >= 4 is 17.8 Å². The van der Waals surface area contributed by atoms with Gasteiger partial charge in [-0.2, -0.15) is 0 Å². The van der Waals surface area contributed by atoms with Crippen molar-refractivity contribution in [2.75, 3.05) is 6.54 Å². The summed E-state index contributed by atoms with van der Waals surface area (Å²) >= 11 is 0. The molecule has 0 aromatic rings. The highest BCUT2D eigenvalue weighted by Crippen LogP contribution is 2.14. The molecular formula is C34H66N2O4. The van der Waals surface area contributed by atoms with E-state index in [4.69, 9.17) is 0 Å². The zero-order valence-electron chi connectivity index (χ0n) is 26.5. The van der Waals surface area contributed by atoms with E-state index in [0.29, 0.717) is 13.0 Å². The van der Waals surface area contributed by atoms with E-state index in [1.54, 1.807) is 0 Å². The normalized spacial score (nSPS) is 11.8. The van der Waals surface area contributed by atoms with E-state index in [1.165, 1.54) is 128 Å². The molecule has 0 aliphatic rings. The van der Waals surface area contributed by atoms with E-state index >= 15 is 0 Å². The molecule has 1 atom stereocenters. The molecule has 236 valence electrons. The van der Waals surface area contributed by atoms with Gasteiger partial charge < -0.3 is 15.7 Å². The molecular weight excluding hydrogens is 500 g/mol. The molecule has 0 aromatic heterocycles. The zero-order chi connectivity index (χ0) is 29.5. The van der Waals surface area contributed by atoms with Crippen molar-refractivity contribution in [1.82, 2.24) is 10.6 Å². The van der Waals surface area contributed by atoms with Crippen molar-refractivity contribution in [3.63, 3.8) is 0 Å². The molecule has 3 N–H and O–H groups in total. The number of nitrogens with one attached hydrogen (secondary N) is 2. The molecule has 0 aliphatic carbocycles. The van der Waals surface area contributed by atoms with Crippen LogP contribution in [0.15, 0.2) is 0 Å². The third-order valence-corrected chi connectivity index (χ3v) is 7.87. The molecule has 0 spiro atoms. The summed E-state index contributed by atoms with van der Waals surface area (Å²) in [5.74, 6) is -1.69. The van der Waals surface area contributed by atoms with Gasteiger partial charge in [-0.25, -0.2) is 0 Å². The Labute approximate surface area is 247 Å². The first-order valence-corrected chi connectivity index (χ1v) is 17.3. The highest BCUT2D eigenvalue weighted by Gasteiger charge is 2.23. The predicted octanol–water partition coefficient (Wildman–Crippen LogP) is 9.24. The van der Waals surface area contributed by atoms with E-state index in [-0.39, 0.29) is 18.2 Å². The number of carboxylic acids is 1. The average Bonchev–Trinajstić information content (AvgIpc) is 2.93. The molecule has 0 bridgehead atoms. The second-order valence-corrected chi connectivity index (χ2v) is 11.9. The van der Waals surface area contributed by atoms with Crippen molar-refractivity contribution in [2.45, 2.75) is 193 Å². The highest BCUT2D eigenvalue weighted by atomic mass is 16.4. The van der Waals surface area contributed by atoms with Gasteiger partial charge in [-0.15, -0.1) is 0 Å². The smallest absolute Gasteiger partial charge is 0.305 e. The maximum Gasteiger partial charge on any atom is 0.305 e. The number of hydrogen-bond donors (Lipinski definition) is 3. The minimum Gasteiger partial charge on any atom is -0.481 e. The van der Waals surface area contributed by atoms with E-state index in [1.807, 2.05) is 0 Å². The molecule has 1 unspecified atom stereocenters. The molecule has 0 rings (SSSR count). The van der Waals surface area contributed by atoms with Crippen LogP contribution in [0, 0.1) is 0 Å². The van der Waals surface area contributed by atoms with Crippen LogP contribution in [-0.4, -0.2) is 35.5 Å². The van der Waals surface area contributed by atoms with Crippen LogP contribution in [0.4, 0.5) is 0 Å². The fraction of sp³-hybridized carbons (Fsp3) is 0.912. The summed E-state index contributed by atoms with van der Waals surface area (Å²) in [4.78, 5) is 36.1. The Kier molecular flexibility index (Phi) is 29.2. The summed E-state index contributed by atoms with van der Waals surface area (Å²) in [6.45, 7) is 5.03. The van der Waals surface area contributed by atoms with Gasteiger partial charge in [0.2, 0.25) is 11.8 Å². The molecule has 0 saturated carbocycles. The molecule has 6 heteroatoms. The molecule has 0 fully saturated rings. The maximum atomic E-state index is 12.5. The van der Waals surface area contributed by atoms with Gasteiger partial charge in [0.05, 0.1) is 6.42 Å². The van der Waals surface area contributed by atoms with Crippen molar-refractivity contribution in [2.24, 2.45) is 0 Å². The summed E-state index contributed by atoms with van der Waals surface area (Å²) in [5.41, 5.74) is 0. The second kappa shape index (κ2) is 30.4. The van der Waals surface area contributed by atoms with Crippen LogP contribution in [0.5, 0.6) is 0 Å². The molecule has 0 radical (unpaired) electrons. The van der Waals surface area contributed by atoms with Crippen molar-refractivity contribution < 1.29 is 19.5 Å². The first-order chi connectivity index (χ1) is 19.5. The molecule has 40 heavy (non-hydrogen) atoms. The SMILES string of the molecule is CCCCCCCCCCCCCCCC(=O)NC(CC(=O)O)C(=O)NCCCCCCCCCCCCCC. The standard InChI is InChI=1S/C34H66N2O4/c1-3-5-7-9-11-13-15-17-18-20-22-24-26-28-32(37)36-31(30-33(38)39)34(40)35-29-27-25-23-21-19-16-14-12-10-8-6-4-2/h31H,3-30H2,1-2H3,(H,35,40)(H,36,37)(H,38,39). The fourth-order valence-corrected chi connectivity index (χ4v) is 5.25. The maximum absolute atomic E-state index is 12.5. The number of aliphatic carboxylic acids is 1. The summed E-state index contributed by atoms with van der Waals surface area (Å²) in [6, 6.07) is -0.996. The van der Waals surface area contributed by atoms with E-state index in [2.05, 4.69) is 24.5 Å². The van der Waals surface area contributed by atoms with Crippen molar-refractivity contribution in [3.8, 4) is 0 Å². The first-order valence-electron chi connectivity index (χ1n) is 17.3. The van der Waals surface area contributed by atoms with Gasteiger partial charge in [-0.05, 0) is 12.8 Å². The number of amides is 2. The number of unbranched alkanes of at least 4 members (excludes halogenated alkanes) is 23. The van der Waals surface area contributed by atoms with Crippen LogP contribution < -0.4 is 10.6 Å². The van der Waals surface area contributed by atoms with Gasteiger partial charge in [0.15, 0.2) is 0 Å². The molecule has 0 aliphatic heterocycles. The van der Waals surface area contributed by atoms with E-state index < -0.39 is 12.0 Å². The lowest BCUT2D eigenvalue weighted by atomic mass is 10.0. The summed E-state index contributed by atoms with van der Waals surface area (Å²) < 4.78 is 0. The largest absolute Gasteiger partial charge is 0.481 e. The quantitative estimate of drug-likeness (QED) is 0.0729. The topological polar surface area (TPSA) is 95.5 Å². The highest BCUT2D eigenvalue weighted by molar-refractivity contribution is 5.90. The lowest BCUT2D eigenvalue weighted by molar-refractivity contribution is -0.140. The summed E-state index contributed by atoms with van der Waals surface area (Å²) in [7, 11) is 0. The number of hydrogen-bond acceptors (Lipinski definition) is 3. The summed E-state index contributed by atoms with van der Waals surface area (Å²) in [6.07, 6.45) is 31.2. The minimum atomic E-state index is -1.08. The van der Waals surface area contributed by atoms with Crippen LogP contribution in [0.25, 0.3) is 0 Å². The molecule has 6 nitrogen and oxygen atoms in total. The van der Waals surface area contributed by atoms with E-state index in [9.17, 15) is 19.5 Å². The van der Waals surface area contributed by atoms with Crippen LogP contribution in [-0.2, 0) is 14.4 Å². The first kappa shape index (κ1) is 38.4. The Bertz CT molecular complexity index is 596. The number of carbonyl (C=O) groups is 3.